The molecule has 3 aromatic rings. The molecule has 0 aliphatic heterocycles. The van der Waals surface area contributed by atoms with Crippen molar-refractivity contribution in [2.24, 2.45) is 0 Å². The van der Waals surface area contributed by atoms with Gasteiger partial charge < -0.3 is 4.74 Å². The Bertz CT molecular complexity index is 792. The molecule has 0 fully saturated rings. The molecule has 0 radical (unpaired) electrons. The number of ether oxygens (including phenoxy) is 1. The first-order chi connectivity index (χ1) is 9.63. The van der Waals surface area contributed by atoms with E-state index in [1.165, 1.54) is 12.3 Å². The first-order valence-corrected chi connectivity index (χ1v) is 6.18. The van der Waals surface area contributed by atoms with Crippen molar-refractivity contribution in [1.29, 1.82) is 0 Å². The molecule has 0 aliphatic carbocycles. The third-order valence-electron chi connectivity index (χ3n) is 2.78. The highest BCUT2D eigenvalue weighted by molar-refractivity contribution is 6.31. The Balaban J connectivity index is 2.06. The van der Waals surface area contributed by atoms with E-state index in [0.717, 1.165) is 12.1 Å². The fourth-order valence-corrected chi connectivity index (χ4v) is 2.03. The molecular formula is C15H8ClF2NO. The van der Waals surface area contributed by atoms with Gasteiger partial charge in [-0.15, -0.1) is 0 Å². The molecule has 0 aliphatic rings. The quantitative estimate of drug-likeness (QED) is 0.666. The Morgan fingerprint density at radius 3 is 2.60 bits per heavy atom. The first kappa shape index (κ1) is 12.8. The summed E-state index contributed by atoms with van der Waals surface area (Å²) in [5, 5.41) is 1.25. The number of hydrogen-bond donors (Lipinski definition) is 0. The molecule has 0 saturated carbocycles. The van der Waals surface area contributed by atoms with Gasteiger partial charge >= 0.3 is 0 Å². The molecule has 2 nitrogen and oxygen atoms in total. The Hall–Kier alpha value is -2.20. The average Bonchev–Trinajstić information content (AvgIpc) is 2.41. The van der Waals surface area contributed by atoms with E-state index in [1.807, 2.05) is 0 Å². The molecule has 0 amide bonds. The van der Waals surface area contributed by atoms with E-state index in [4.69, 9.17) is 16.3 Å². The van der Waals surface area contributed by atoms with Gasteiger partial charge in [-0.25, -0.2) is 8.78 Å². The van der Waals surface area contributed by atoms with Crippen LogP contribution >= 0.6 is 11.6 Å². The number of hydrogen-bond acceptors (Lipinski definition) is 2. The smallest absolute Gasteiger partial charge is 0.168 e. The summed E-state index contributed by atoms with van der Waals surface area (Å²) >= 11 is 5.89. The van der Waals surface area contributed by atoms with Gasteiger partial charge in [0, 0.05) is 22.7 Å². The minimum atomic E-state index is -0.760. The fraction of sp³-hybridized carbons (Fsp3) is 0. The maximum atomic E-state index is 13.6. The number of nitrogens with zero attached hydrogens (tertiary/aromatic N) is 1. The van der Waals surface area contributed by atoms with Crippen molar-refractivity contribution in [3.05, 3.63) is 65.3 Å². The van der Waals surface area contributed by atoms with E-state index in [0.29, 0.717) is 21.7 Å². The lowest BCUT2D eigenvalue weighted by molar-refractivity contribution is 0.441. The standard InChI is InChI=1S/C15H8ClF2NO/c16-9-1-3-11-13(7-9)19-6-5-14(11)20-15-4-2-10(17)8-12(15)18/h1-8H. The van der Waals surface area contributed by atoms with Crippen LogP contribution in [0.4, 0.5) is 8.78 Å². The van der Waals surface area contributed by atoms with Crippen LogP contribution in [0.1, 0.15) is 0 Å². The van der Waals surface area contributed by atoms with E-state index >= 15 is 0 Å². The second-order valence-electron chi connectivity index (χ2n) is 4.15. The highest BCUT2D eigenvalue weighted by Gasteiger charge is 2.09. The molecular weight excluding hydrogens is 284 g/mol. The molecule has 100 valence electrons. The molecule has 0 bridgehead atoms. The monoisotopic (exact) mass is 291 g/mol. The molecule has 3 rings (SSSR count). The van der Waals surface area contributed by atoms with E-state index in [1.54, 1.807) is 24.3 Å². The van der Waals surface area contributed by atoms with Crippen molar-refractivity contribution in [2.75, 3.05) is 0 Å². The van der Waals surface area contributed by atoms with Crippen molar-refractivity contribution >= 4 is 22.5 Å². The van der Waals surface area contributed by atoms with Gasteiger partial charge in [0.2, 0.25) is 0 Å². The van der Waals surface area contributed by atoms with Crippen LogP contribution in [0.25, 0.3) is 10.9 Å². The maximum absolute atomic E-state index is 13.6. The minimum absolute atomic E-state index is 0.0474. The second-order valence-corrected chi connectivity index (χ2v) is 4.58. The molecule has 0 unspecified atom stereocenters. The van der Waals surface area contributed by atoms with Crippen LogP contribution in [-0.4, -0.2) is 4.98 Å². The lowest BCUT2D eigenvalue weighted by atomic mass is 10.2. The Morgan fingerprint density at radius 2 is 1.80 bits per heavy atom. The molecule has 5 heteroatoms. The van der Waals surface area contributed by atoms with Crippen LogP contribution in [0.5, 0.6) is 11.5 Å². The Labute approximate surface area is 118 Å². The largest absolute Gasteiger partial charge is 0.454 e. The van der Waals surface area contributed by atoms with Gasteiger partial charge in [0.05, 0.1) is 5.52 Å². The lowest BCUT2D eigenvalue weighted by Gasteiger charge is -2.09. The lowest BCUT2D eigenvalue weighted by Crippen LogP contribution is -1.91. The predicted octanol–water partition coefficient (Wildman–Crippen LogP) is 4.96. The van der Waals surface area contributed by atoms with E-state index in [2.05, 4.69) is 4.98 Å². The number of halogens is 3. The van der Waals surface area contributed by atoms with Gasteiger partial charge in [0.25, 0.3) is 0 Å². The zero-order valence-electron chi connectivity index (χ0n) is 10.1. The molecule has 20 heavy (non-hydrogen) atoms. The van der Waals surface area contributed by atoms with Crippen molar-refractivity contribution in [1.82, 2.24) is 4.98 Å². The minimum Gasteiger partial charge on any atom is -0.454 e. The van der Waals surface area contributed by atoms with Crippen LogP contribution in [0.3, 0.4) is 0 Å². The second kappa shape index (κ2) is 5.06. The van der Waals surface area contributed by atoms with E-state index < -0.39 is 11.6 Å². The molecule has 1 aromatic heterocycles. The summed E-state index contributed by atoms with van der Waals surface area (Å²) in [6.07, 6.45) is 1.54. The van der Waals surface area contributed by atoms with Crippen LogP contribution < -0.4 is 4.74 Å². The first-order valence-electron chi connectivity index (χ1n) is 5.81. The van der Waals surface area contributed by atoms with Crippen molar-refractivity contribution in [3.8, 4) is 11.5 Å². The summed E-state index contributed by atoms with van der Waals surface area (Å²) in [6.45, 7) is 0. The number of fused-ring (bicyclic) bond motifs is 1. The molecule has 1 heterocycles. The van der Waals surface area contributed by atoms with E-state index in [-0.39, 0.29) is 5.75 Å². The molecule has 0 saturated heterocycles. The normalized spacial score (nSPS) is 10.8. The summed E-state index contributed by atoms with van der Waals surface area (Å²) in [5.74, 6) is -1.03. The topological polar surface area (TPSA) is 22.1 Å². The van der Waals surface area contributed by atoms with Gasteiger partial charge in [-0.3, -0.25) is 4.98 Å². The number of rotatable bonds is 2. The zero-order chi connectivity index (χ0) is 14.1. The van der Waals surface area contributed by atoms with Gasteiger partial charge in [0.1, 0.15) is 11.6 Å². The summed E-state index contributed by atoms with van der Waals surface area (Å²) in [7, 11) is 0. The number of aromatic nitrogens is 1. The van der Waals surface area contributed by atoms with Crippen LogP contribution in [0.15, 0.2) is 48.7 Å². The Kier molecular flexibility index (Phi) is 3.24. The van der Waals surface area contributed by atoms with Crippen molar-refractivity contribution in [2.45, 2.75) is 0 Å². The Morgan fingerprint density at radius 1 is 0.950 bits per heavy atom. The van der Waals surface area contributed by atoms with E-state index in [9.17, 15) is 8.78 Å². The van der Waals surface area contributed by atoms with Crippen LogP contribution in [0, 0.1) is 11.6 Å². The highest BCUT2D eigenvalue weighted by Crippen LogP contribution is 2.31. The third kappa shape index (κ3) is 2.42. The van der Waals surface area contributed by atoms with Gasteiger partial charge in [-0.05, 0) is 36.4 Å². The predicted molar refractivity (Wildman–Crippen MR) is 73.2 cm³/mol. The highest BCUT2D eigenvalue weighted by atomic mass is 35.5. The summed E-state index contributed by atoms with van der Waals surface area (Å²) < 4.78 is 32.0. The van der Waals surface area contributed by atoms with Gasteiger partial charge in [-0.1, -0.05) is 11.6 Å². The summed E-state index contributed by atoms with van der Waals surface area (Å²) in [5.41, 5.74) is 0.637. The maximum Gasteiger partial charge on any atom is 0.168 e. The molecule has 0 atom stereocenters. The molecule has 0 N–H and O–H groups in total. The van der Waals surface area contributed by atoms with Crippen molar-refractivity contribution < 1.29 is 13.5 Å². The van der Waals surface area contributed by atoms with Crippen LogP contribution in [-0.2, 0) is 0 Å². The number of benzene rings is 2. The molecule has 2 aromatic carbocycles. The SMILES string of the molecule is Fc1ccc(Oc2ccnc3cc(Cl)ccc23)c(F)c1. The summed E-state index contributed by atoms with van der Waals surface area (Å²) in [4.78, 5) is 4.16. The summed E-state index contributed by atoms with van der Waals surface area (Å²) in [6, 6.07) is 9.88. The van der Waals surface area contributed by atoms with Gasteiger partial charge in [-0.2, -0.15) is 0 Å². The van der Waals surface area contributed by atoms with Crippen molar-refractivity contribution in [3.63, 3.8) is 0 Å². The zero-order valence-corrected chi connectivity index (χ0v) is 10.9. The third-order valence-corrected chi connectivity index (χ3v) is 3.01. The number of pyridine rings is 1. The molecule has 0 spiro atoms. The average molecular weight is 292 g/mol. The van der Waals surface area contributed by atoms with Gasteiger partial charge in [0.15, 0.2) is 11.6 Å². The fourth-order valence-electron chi connectivity index (χ4n) is 1.86. The van der Waals surface area contributed by atoms with Crippen LogP contribution in [0.2, 0.25) is 5.02 Å².